The molecule has 2 aliphatic rings. The van der Waals surface area contributed by atoms with Crippen LogP contribution in [-0.2, 0) is 23.1 Å². The van der Waals surface area contributed by atoms with Crippen LogP contribution in [0.4, 0.5) is 0 Å². The Morgan fingerprint density at radius 2 is 1.19 bits per heavy atom. The molecule has 0 bridgehead atoms. The number of hydrogen-bond donors (Lipinski definition) is 0. The topological polar surface area (TPSA) is 137 Å². The predicted molar refractivity (Wildman–Crippen MR) is 124 cm³/mol. The molecule has 0 fully saturated rings. The van der Waals surface area contributed by atoms with E-state index in [4.69, 9.17) is 13.8 Å². The summed E-state index contributed by atoms with van der Waals surface area (Å²) in [5.41, 5.74) is -0.187. The fourth-order valence-electron chi connectivity index (χ4n) is 3.81. The van der Waals surface area contributed by atoms with Gasteiger partial charge in [-0.1, -0.05) is 24.3 Å². The molecule has 0 atom stereocenters. The lowest BCUT2D eigenvalue weighted by molar-refractivity contribution is -0.138. The number of amides is 4. The van der Waals surface area contributed by atoms with Gasteiger partial charge in [-0.05, 0) is 38.1 Å². The van der Waals surface area contributed by atoms with Crippen LogP contribution in [0.2, 0.25) is 0 Å². The second-order valence-corrected chi connectivity index (χ2v) is 9.50. The Bertz CT molecular complexity index is 1290. The number of fused-ring (bicyclic) bond motifs is 2. The van der Waals surface area contributed by atoms with Crippen LogP contribution in [-0.4, -0.2) is 59.2 Å². The molecule has 2 aromatic carbocycles. The van der Waals surface area contributed by atoms with E-state index >= 15 is 0 Å². The fraction of sp³-hybridized carbons (Fsp3) is 0.208. The Morgan fingerprint density at radius 3 is 1.61 bits per heavy atom. The van der Waals surface area contributed by atoms with Gasteiger partial charge < -0.3 is 13.8 Å². The average molecular weight is 512 g/mol. The molecule has 4 rings (SSSR count). The summed E-state index contributed by atoms with van der Waals surface area (Å²) < 4.78 is 29.2. The molecular formula is C24H21N2O9P. The highest BCUT2D eigenvalue weighted by atomic mass is 31.2. The molecule has 2 aromatic rings. The maximum absolute atomic E-state index is 13.6. The summed E-state index contributed by atoms with van der Waals surface area (Å²) in [6.07, 6.45) is 0.633. The second-order valence-electron chi connectivity index (χ2n) is 7.53. The minimum absolute atomic E-state index is 0.0605. The maximum atomic E-state index is 13.6. The minimum Gasteiger partial charge on any atom is -0.431 e. The van der Waals surface area contributed by atoms with Crippen LogP contribution in [0, 0.1) is 0 Å². The monoisotopic (exact) mass is 512 g/mol. The molecule has 12 heteroatoms. The first kappa shape index (κ1) is 25.2. The molecule has 186 valence electrons. The summed E-state index contributed by atoms with van der Waals surface area (Å²) in [5, 5.41) is 0. The van der Waals surface area contributed by atoms with E-state index in [2.05, 4.69) is 0 Å². The van der Waals surface area contributed by atoms with Gasteiger partial charge in [0.2, 0.25) is 0 Å². The highest BCUT2D eigenvalue weighted by Crippen LogP contribution is 2.58. The molecule has 0 aromatic heterocycles. The Kier molecular flexibility index (Phi) is 6.98. The van der Waals surface area contributed by atoms with Crippen molar-refractivity contribution in [2.24, 2.45) is 0 Å². The standard InChI is InChI=1S/C24H21N2O9P/c1-3-34-36(32,35-4-2)19(26-23(30)17-11-7-8-12-18(17)24(26)31)14-33-20(27)13-25-21(28)15-9-5-6-10-16(15)22(25)29/h5-12,14H,3-4,13H2,1-2H3/b19-14-. The fourth-order valence-corrected chi connectivity index (χ4v) is 5.44. The number of ether oxygens (including phenoxy) is 1. The third-order valence-corrected chi connectivity index (χ3v) is 7.43. The van der Waals surface area contributed by atoms with E-state index in [9.17, 15) is 28.5 Å². The van der Waals surface area contributed by atoms with Gasteiger partial charge in [0, 0.05) is 0 Å². The van der Waals surface area contributed by atoms with E-state index < -0.39 is 49.2 Å². The number of hydrogen-bond acceptors (Lipinski definition) is 9. The van der Waals surface area contributed by atoms with E-state index in [-0.39, 0.29) is 35.5 Å². The number of rotatable bonds is 9. The van der Waals surface area contributed by atoms with Crippen LogP contribution in [0.5, 0.6) is 0 Å². The summed E-state index contributed by atoms with van der Waals surface area (Å²) in [6.45, 7) is 2.08. The zero-order valence-electron chi connectivity index (χ0n) is 19.3. The first-order valence-electron chi connectivity index (χ1n) is 11.0. The minimum atomic E-state index is -4.33. The largest absolute Gasteiger partial charge is 0.431 e. The Balaban J connectivity index is 1.63. The summed E-state index contributed by atoms with van der Waals surface area (Å²) in [4.78, 5) is 65.0. The molecule has 0 spiro atoms. The van der Waals surface area contributed by atoms with Gasteiger partial charge in [-0.25, -0.2) is 9.69 Å². The van der Waals surface area contributed by atoms with E-state index in [0.29, 0.717) is 16.1 Å². The van der Waals surface area contributed by atoms with Crippen molar-refractivity contribution in [3.63, 3.8) is 0 Å². The van der Waals surface area contributed by atoms with Gasteiger partial charge in [-0.15, -0.1) is 0 Å². The van der Waals surface area contributed by atoms with Gasteiger partial charge in [0.05, 0.1) is 35.5 Å². The molecular weight excluding hydrogens is 491 g/mol. The number of esters is 1. The molecule has 0 N–H and O–H groups in total. The summed E-state index contributed by atoms with van der Waals surface area (Å²) >= 11 is 0. The number of carbonyl (C=O) groups is 5. The molecule has 11 nitrogen and oxygen atoms in total. The normalized spacial score (nSPS) is 15.4. The van der Waals surface area contributed by atoms with Crippen molar-refractivity contribution < 1.29 is 42.3 Å². The van der Waals surface area contributed by atoms with Gasteiger partial charge in [0.1, 0.15) is 12.8 Å². The molecule has 4 amide bonds. The van der Waals surface area contributed by atoms with Crippen LogP contribution < -0.4 is 0 Å². The molecule has 0 radical (unpaired) electrons. The summed E-state index contributed by atoms with van der Waals surface area (Å²) in [5.74, 6) is -4.05. The second kappa shape index (κ2) is 9.98. The third kappa shape index (κ3) is 4.28. The quantitative estimate of drug-likeness (QED) is 0.215. The first-order valence-corrected chi connectivity index (χ1v) is 12.5. The Labute approximate surface area is 205 Å². The van der Waals surface area contributed by atoms with Crippen molar-refractivity contribution in [1.82, 2.24) is 9.80 Å². The van der Waals surface area contributed by atoms with Gasteiger partial charge in [0.15, 0.2) is 5.44 Å². The third-order valence-electron chi connectivity index (χ3n) is 5.36. The Hall–Kier alpha value is -3.92. The summed E-state index contributed by atoms with van der Waals surface area (Å²) in [7, 11) is -4.33. The molecule has 0 saturated carbocycles. The van der Waals surface area contributed by atoms with Gasteiger partial charge in [-0.2, -0.15) is 0 Å². The number of imide groups is 2. The van der Waals surface area contributed by atoms with Crippen LogP contribution in [0.25, 0.3) is 0 Å². The van der Waals surface area contributed by atoms with Crippen LogP contribution in [0.3, 0.4) is 0 Å². The van der Waals surface area contributed by atoms with Crippen LogP contribution >= 0.6 is 7.60 Å². The van der Waals surface area contributed by atoms with E-state index in [1.165, 1.54) is 38.1 Å². The van der Waals surface area contributed by atoms with E-state index in [0.717, 1.165) is 0 Å². The number of benzene rings is 2. The van der Waals surface area contributed by atoms with E-state index in [1.807, 2.05) is 0 Å². The van der Waals surface area contributed by atoms with Crippen molar-refractivity contribution in [1.29, 1.82) is 0 Å². The zero-order valence-corrected chi connectivity index (χ0v) is 20.2. The highest BCUT2D eigenvalue weighted by molar-refractivity contribution is 7.58. The van der Waals surface area contributed by atoms with Crippen LogP contribution in [0.1, 0.15) is 55.3 Å². The lowest BCUT2D eigenvalue weighted by Crippen LogP contribution is -2.35. The lowest BCUT2D eigenvalue weighted by atomic mass is 10.1. The SMILES string of the molecule is CCOP(=O)(OCC)/C(=C\OC(=O)CN1C(=O)c2ccccc2C1=O)N1C(=O)c2ccccc2C1=O. The van der Waals surface area contributed by atoms with Crippen LogP contribution in [0.15, 0.2) is 60.2 Å². The molecule has 36 heavy (non-hydrogen) atoms. The Morgan fingerprint density at radius 1 is 0.778 bits per heavy atom. The number of nitrogens with zero attached hydrogens (tertiary/aromatic N) is 2. The highest BCUT2D eigenvalue weighted by Gasteiger charge is 2.46. The zero-order chi connectivity index (χ0) is 26.0. The average Bonchev–Trinajstić information content (AvgIpc) is 3.25. The first-order chi connectivity index (χ1) is 17.2. The van der Waals surface area contributed by atoms with Gasteiger partial charge >= 0.3 is 13.6 Å². The molecule has 0 aliphatic carbocycles. The lowest BCUT2D eigenvalue weighted by Gasteiger charge is -2.24. The van der Waals surface area contributed by atoms with Crippen molar-refractivity contribution >= 4 is 37.2 Å². The van der Waals surface area contributed by atoms with Crippen molar-refractivity contribution in [3.05, 3.63) is 82.5 Å². The van der Waals surface area contributed by atoms with Crippen molar-refractivity contribution in [3.8, 4) is 0 Å². The van der Waals surface area contributed by atoms with Crippen molar-refractivity contribution in [2.45, 2.75) is 13.8 Å². The van der Waals surface area contributed by atoms with Crippen molar-refractivity contribution in [2.75, 3.05) is 19.8 Å². The summed E-state index contributed by atoms with van der Waals surface area (Å²) in [6, 6.07) is 12.1. The molecule has 0 saturated heterocycles. The molecule has 2 aliphatic heterocycles. The van der Waals surface area contributed by atoms with Gasteiger partial charge in [-0.3, -0.25) is 28.6 Å². The van der Waals surface area contributed by atoms with E-state index in [1.54, 1.807) is 24.3 Å². The smallest absolute Gasteiger partial charge is 0.381 e. The predicted octanol–water partition coefficient (Wildman–Crippen LogP) is 3.19. The molecule has 0 unspecified atom stereocenters. The number of carbonyl (C=O) groups excluding carboxylic acids is 5. The maximum Gasteiger partial charge on any atom is 0.381 e. The molecule has 2 heterocycles. The van der Waals surface area contributed by atoms with Gasteiger partial charge in [0.25, 0.3) is 23.6 Å².